The second-order valence-electron chi connectivity index (χ2n) is 7.24. The fraction of sp³-hybridized carbons (Fsp3) is 0.476. The van der Waals surface area contributed by atoms with E-state index >= 15 is 0 Å². The first-order chi connectivity index (χ1) is 13.9. The molecule has 1 aromatic carbocycles. The molecule has 0 saturated carbocycles. The second kappa shape index (κ2) is 9.67. The maximum Gasteiger partial charge on any atom is 0.310 e. The van der Waals surface area contributed by atoms with E-state index in [4.69, 9.17) is 9.47 Å². The molecule has 2 heterocycles. The molecule has 1 amide bonds. The highest BCUT2D eigenvalue weighted by Gasteiger charge is 2.16. The summed E-state index contributed by atoms with van der Waals surface area (Å²) in [7, 11) is 1.83. The molecule has 0 spiro atoms. The standard InChI is InChI=1S/C21H28N4O4/c1-15-19(16(2)24(3)23-15)12-21(27)29-14-20(26)22-18-6-4-17(5-7-18)13-25-8-10-28-11-9-25/h4-7H,8-14H2,1-3H3,(H,22,26). The number of aryl methyl sites for hydroxylation is 2. The molecule has 0 unspecified atom stereocenters. The van der Waals surface area contributed by atoms with Crippen molar-refractivity contribution in [3.8, 4) is 0 Å². The normalized spacial score (nSPS) is 14.6. The average Bonchev–Trinajstić information content (AvgIpc) is 2.95. The minimum atomic E-state index is -0.444. The maximum absolute atomic E-state index is 12.1. The van der Waals surface area contributed by atoms with Crippen LogP contribution < -0.4 is 5.32 Å². The zero-order chi connectivity index (χ0) is 20.8. The van der Waals surface area contributed by atoms with Crippen LogP contribution in [0.1, 0.15) is 22.5 Å². The average molecular weight is 400 g/mol. The molecule has 1 aliphatic heterocycles. The van der Waals surface area contributed by atoms with E-state index in [9.17, 15) is 9.59 Å². The van der Waals surface area contributed by atoms with Crippen LogP contribution in [0.2, 0.25) is 0 Å². The summed E-state index contributed by atoms with van der Waals surface area (Å²) < 4.78 is 12.2. The fourth-order valence-corrected chi connectivity index (χ4v) is 3.32. The highest BCUT2D eigenvalue weighted by atomic mass is 16.5. The molecule has 1 aliphatic rings. The van der Waals surface area contributed by atoms with Gasteiger partial charge in [-0.1, -0.05) is 12.1 Å². The molecule has 1 fully saturated rings. The van der Waals surface area contributed by atoms with Gasteiger partial charge in [-0.3, -0.25) is 19.2 Å². The molecular formula is C21H28N4O4. The van der Waals surface area contributed by atoms with Gasteiger partial charge in [-0.05, 0) is 31.5 Å². The molecule has 3 rings (SSSR count). The van der Waals surface area contributed by atoms with Crippen molar-refractivity contribution in [3.05, 3.63) is 46.8 Å². The highest BCUT2D eigenvalue weighted by molar-refractivity contribution is 5.92. The number of nitrogens with one attached hydrogen (secondary N) is 1. The molecule has 1 aromatic heterocycles. The van der Waals surface area contributed by atoms with E-state index in [1.807, 2.05) is 45.2 Å². The fourth-order valence-electron chi connectivity index (χ4n) is 3.32. The van der Waals surface area contributed by atoms with Crippen LogP contribution in [-0.2, 0) is 39.1 Å². The number of amides is 1. The molecule has 0 aliphatic carbocycles. The van der Waals surface area contributed by atoms with Crippen LogP contribution in [0.4, 0.5) is 5.69 Å². The van der Waals surface area contributed by atoms with Crippen molar-refractivity contribution in [2.45, 2.75) is 26.8 Å². The lowest BCUT2D eigenvalue weighted by Crippen LogP contribution is -2.35. The predicted octanol–water partition coefficient (Wildman–Crippen LogP) is 1.59. The number of carbonyl (C=O) groups excluding carboxylic acids is 2. The molecule has 0 atom stereocenters. The van der Waals surface area contributed by atoms with Gasteiger partial charge in [-0.15, -0.1) is 0 Å². The zero-order valence-electron chi connectivity index (χ0n) is 17.2. The first kappa shape index (κ1) is 21.0. The predicted molar refractivity (Wildman–Crippen MR) is 109 cm³/mol. The van der Waals surface area contributed by atoms with Crippen molar-refractivity contribution in [1.82, 2.24) is 14.7 Å². The molecule has 156 valence electrons. The number of nitrogens with zero attached hydrogens (tertiary/aromatic N) is 3. The van der Waals surface area contributed by atoms with E-state index < -0.39 is 5.97 Å². The zero-order valence-corrected chi connectivity index (χ0v) is 17.2. The Morgan fingerprint density at radius 1 is 1.17 bits per heavy atom. The van der Waals surface area contributed by atoms with Gasteiger partial charge in [-0.2, -0.15) is 5.10 Å². The number of anilines is 1. The highest BCUT2D eigenvalue weighted by Crippen LogP contribution is 2.14. The van der Waals surface area contributed by atoms with Gasteiger partial charge in [0.1, 0.15) is 0 Å². The number of hydrogen-bond donors (Lipinski definition) is 1. The summed E-state index contributed by atoms with van der Waals surface area (Å²) in [4.78, 5) is 26.5. The monoisotopic (exact) mass is 400 g/mol. The Bertz CT molecular complexity index is 854. The summed E-state index contributed by atoms with van der Waals surface area (Å²) in [5.74, 6) is -0.806. The van der Waals surface area contributed by atoms with Crippen LogP contribution in [0, 0.1) is 13.8 Å². The van der Waals surface area contributed by atoms with Crippen LogP contribution in [0.25, 0.3) is 0 Å². The number of rotatable bonds is 7. The molecular weight excluding hydrogens is 372 g/mol. The van der Waals surface area contributed by atoms with Crippen LogP contribution in [0.3, 0.4) is 0 Å². The van der Waals surface area contributed by atoms with Crippen molar-refractivity contribution in [2.75, 3.05) is 38.2 Å². The molecule has 2 aromatic rings. The third kappa shape index (κ3) is 5.88. The molecule has 8 heteroatoms. The lowest BCUT2D eigenvalue weighted by atomic mass is 10.1. The summed E-state index contributed by atoms with van der Waals surface area (Å²) >= 11 is 0. The van der Waals surface area contributed by atoms with Crippen molar-refractivity contribution in [2.24, 2.45) is 7.05 Å². The van der Waals surface area contributed by atoms with E-state index in [-0.39, 0.29) is 18.9 Å². The van der Waals surface area contributed by atoms with Gasteiger partial charge in [-0.25, -0.2) is 0 Å². The van der Waals surface area contributed by atoms with Crippen LogP contribution >= 0.6 is 0 Å². The van der Waals surface area contributed by atoms with E-state index in [2.05, 4.69) is 15.3 Å². The first-order valence-corrected chi connectivity index (χ1v) is 9.76. The van der Waals surface area contributed by atoms with E-state index in [1.165, 1.54) is 5.56 Å². The van der Waals surface area contributed by atoms with Crippen molar-refractivity contribution >= 4 is 17.6 Å². The molecule has 29 heavy (non-hydrogen) atoms. The first-order valence-electron chi connectivity index (χ1n) is 9.76. The Hall–Kier alpha value is -2.71. The molecule has 1 N–H and O–H groups in total. The smallest absolute Gasteiger partial charge is 0.310 e. The Kier molecular flexibility index (Phi) is 7.00. The van der Waals surface area contributed by atoms with E-state index in [0.717, 1.165) is 49.8 Å². The number of aromatic nitrogens is 2. The number of ether oxygens (including phenoxy) is 2. The maximum atomic E-state index is 12.1. The summed E-state index contributed by atoms with van der Waals surface area (Å²) in [6.45, 7) is 7.71. The Labute approximate surface area is 170 Å². The molecule has 0 bridgehead atoms. The Balaban J connectivity index is 1.43. The number of benzene rings is 1. The third-order valence-electron chi connectivity index (χ3n) is 5.09. The number of hydrogen-bond acceptors (Lipinski definition) is 6. The van der Waals surface area contributed by atoms with E-state index in [1.54, 1.807) is 4.68 Å². The summed E-state index contributed by atoms with van der Waals surface area (Å²) in [5.41, 5.74) is 4.41. The molecule has 8 nitrogen and oxygen atoms in total. The minimum Gasteiger partial charge on any atom is -0.455 e. The van der Waals surface area contributed by atoms with Gasteiger partial charge in [0.15, 0.2) is 6.61 Å². The van der Waals surface area contributed by atoms with E-state index in [0.29, 0.717) is 5.69 Å². The SMILES string of the molecule is Cc1nn(C)c(C)c1CC(=O)OCC(=O)Nc1ccc(CN2CCOCC2)cc1. The van der Waals surface area contributed by atoms with Crippen molar-refractivity contribution < 1.29 is 19.1 Å². The van der Waals surface area contributed by atoms with Gasteiger partial charge in [0.05, 0.1) is 25.3 Å². The number of carbonyl (C=O) groups is 2. The van der Waals surface area contributed by atoms with Gasteiger partial charge >= 0.3 is 5.97 Å². The van der Waals surface area contributed by atoms with Crippen LogP contribution in [0.15, 0.2) is 24.3 Å². The van der Waals surface area contributed by atoms with Crippen LogP contribution in [0.5, 0.6) is 0 Å². The lowest BCUT2D eigenvalue weighted by molar-refractivity contribution is -0.146. The minimum absolute atomic E-state index is 0.106. The largest absolute Gasteiger partial charge is 0.455 e. The summed E-state index contributed by atoms with van der Waals surface area (Å²) in [6, 6.07) is 7.70. The number of morpholine rings is 1. The molecule has 1 saturated heterocycles. The summed E-state index contributed by atoms with van der Waals surface area (Å²) in [6.07, 6.45) is 0.106. The van der Waals surface area contributed by atoms with Gasteiger partial charge in [0.25, 0.3) is 5.91 Å². The Morgan fingerprint density at radius 3 is 2.48 bits per heavy atom. The quantitative estimate of drug-likeness (QED) is 0.711. The number of esters is 1. The topological polar surface area (TPSA) is 85.7 Å². The van der Waals surface area contributed by atoms with Crippen molar-refractivity contribution in [1.29, 1.82) is 0 Å². The summed E-state index contributed by atoms with van der Waals surface area (Å²) in [5, 5.41) is 7.03. The van der Waals surface area contributed by atoms with Gasteiger partial charge in [0.2, 0.25) is 0 Å². The molecule has 0 radical (unpaired) electrons. The van der Waals surface area contributed by atoms with Gasteiger partial charge < -0.3 is 14.8 Å². The second-order valence-corrected chi connectivity index (χ2v) is 7.24. The van der Waals surface area contributed by atoms with Crippen LogP contribution in [-0.4, -0.2) is 59.5 Å². The van der Waals surface area contributed by atoms with Crippen molar-refractivity contribution in [3.63, 3.8) is 0 Å². The lowest BCUT2D eigenvalue weighted by Gasteiger charge is -2.26. The Morgan fingerprint density at radius 2 is 1.86 bits per heavy atom. The van der Waals surface area contributed by atoms with Gasteiger partial charge in [0, 0.05) is 43.6 Å². The third-order valence-corrected chi connectivity index (χ3v) is 5.09.